The predicted molar refractivity (Wildman–Crippen MR) is 81.7 cm³/mol. The smallest absolute Gasteiger partial charge is 0.330 e. The molecule has 1 aliphatic heterocycles. The minimum Gasteiger partial charge on any atom is -0.496 e. The van der Waals surface area contributed by atoms with Crippen LogP contribution >= 0.6 is 12.2 Å². The fourth-order valence-corrected chi connectivity index (χ4v) is 2.40. The van der Waals surface area contributed by atoms with Gasteiger partial charge in [-0.1, -0.05) is 23.5 Å². The van der Waals surface area contributed by atoms with Gasteiger partial charge in [0.1, 0.15) is 22.1 Å². The monoisotopic (exact) mass is 333 g/mol. The van der Waals surface area contributed by atoms with E-state index in [0.29, 0.717) is 17.1 Å². The summed E-state index contributed by atoms with van der Waals surface area (Å²) in [5.74, 6) is -0.625. The van der Waals surface area contributed by atoms with E-state index >= 15 is 0 Å². The number of H-pyrrole nitrogens is 1. The third kappa shape index (κ3) is 2.63. The number of nitrogens with zero attached hydrogens (tertiary/aromatic N) is 4. The molecule has 1 aromatic carbocycles. The van der Waals surface area contributed by atoms with Gasteiger partial charge in [0.15, 0.2) is 11.7 Å². The number of cyclic esters (lactones) is 1. The number of aromatic amines is 1. The molecule has 2 aromatic rings. The first-order valence-corrected chi connectivity index (χ1v) is 6.85. The van der Waals surface area contributed by atoms with Gasteiger partial charge >= 0.3 is 5.97 Å². The number of esters is 1. The van der Waals surface area contributed by atoms with Crippen molar-refractivity contribution in [1.82, 2.24) is 20.6 Å². The third-order valence-corrected chi connectivity index (χ3v) is 3.48. The first-order valence-electron chi connectivity index (χ1n) is 6.44. The van der Waals surface area contributed by atoms with Crippen molar-refractivity contribution in [3.05, 3.63) is 29.6 Å². The molecule has 1 atom stereocenters. The van der Waals surface area contributed by atoms with Crippen LogP contribution in [-0.2, 0) is 9.53 Å². The third-order valence-electron chi connectivity index (χ3n) is 3.15. The van der Waals surface area contributed by atoms with Crippen molar-refractivity contribution in [2.24, 2.45) is 4.99 Å². The fraction of sp³-hybridized carbons (Fsp3) is 0.231. The van der Waals surface area contributed by atoms with E-state index in [9.17, 15) is 4.79 Å². The normalized spacial score (nSPS) is 17.5. The average Bonchev–Trinajstić information content (AvgIpc) is 3.07. The lowest BCUT2D eigenvalue weighted by Gasteiger charge is -2.20. The van der Waals surface area contributed by atoms with Crippen molar-refractivity contribution in [3.63, 3.8) is 0 Å². The Labute approximate surface area is 135 Å². The highest BCUT2D eigenvalue weighted by Crippen LogP contribution is 2.32. The molecule has 1 aliphatic rings. The van der Waals surface area contributed by atoms with Gasteiger partial charge < -0.3 is 14.2 Å². The summed E-state index contributed by atoms with van der Waals surface area (Å²) in [5.41, 5.74) is 0.403. The predicted octanol–water partition coefficient (Wildman–Crippen LogP) is 0.631. The number of aliphatic imine (C=N–C) groups is 1. The first-order chi connectivity index (χ1) is 11.2. The second kappa shape index (κ2) is 6.08. The number of thiocarbonyl (C=S) groups is 1. The zero-order valence-electron chi connectivity index (χ0n) is 12.1. The lowest BCUT2D eigenvalue weighted by Crippen LogP contribution is -2.32. The molecule has 0 bridgehead atoms. The molecule has 0 fully saturated rings. The summed E-state index contributed by atoms with van der Waals surface area (Å²) in [6.45, 7) is 0. The van der Waals surface area contributed by atoms with E-state index in [0.717, 1.165) is 0 Å². The first kappa shape index (κ1) is 15.0. The van der Waals surface area contributed by atoms with Gasteiger partial charge in [-0.25, -0.2) is 4.99 Å². The van der Waals surface area contributed by atoms with Crippen LogP contribution in [-0.4, -0.2) is 51.7 Å². The van der Waals surface area contributed by atoms with Crippen molar-refractivity contribution in [2.75, 3.05) is 14.2 Å². The summed E-state index contributed by atoms with van der Waals surface area (Å²) in [7, 11) is 2.98. The fourth-order valence-electron chi connectivity index (χ4n) is 2.12. The quantitative estimate of drug-likeness (QED) is 0.640. The number of rotatable bonds is 4. The molecule has 10 heteroatoms. The van der Waals surface area contributed by atoms with E-state index in [1.807, 2.05) is 0 Å². The molecule has 0 spiro atoms. The minimum atomic E-state index is -0.979. The summed E-state index contributed by atoms with van der Waals surface area (Å²) in [5, 5.41) is 13.2. The Hall–Kier alpha value is -2.88. The zero-order valence-corrected chi connectivity index (χ0v) is 13.0. The van der Waals surface area contributed by atoms with E-state index in [1.165, 1.54) is 14.2 Å². The van der Waals surface area contributed by atoms with Crippen LogP contribution in [0.5, 0.6) is 11.5 Å². The lowest BCUT2D eigenvalue weighted by molar-refractivity contribution is -0.136. The number of carbonyl (C=O) groups is 1. The van der Waals surface area contributed by atoms with Gasteiger partial charge in [-0.05, 0) is 12.1 Å². The number of hydrogen-bond acceptors (Lipinski definition) is 8. The molecule has 0 amide bonds. The Balaban J connectivity index is 2.05. The maximum atomic E-state index is 12.3. The number of nitrogens with one attached hydrogen (secondary N) is 1. The number of tetrazole rings is 1. The SMILES string of the molecule is COc1cccc(OC)c1C1=NC(=S)C(c2nn[nH]n2)C(=O)O1. The van der Waals surface area contributed by atoms with Crippen molar-refractivity contribution >= 4 is 29.1 Å². The van der Waals surface area contributed by atoms with Crippen LogP contribution in [0, 0.1) is 0 Å². The van der Waals surface area contributed by atoms with Gasteiger partial charge in [0, 0.05) is 0 Å². The maximum Gasteiger partial charge on any atom is 0.330 e. The van der Waals surface area contributed by atoms with E-state index in [-0.39, 0.29) is 16.7 Å². The number of methoxy groups -OCH3 is 2. The van der Waals surface area contributed by atoms with Crippen molar-refractivity contribution in [1.29, 1.82) is 0 Å². The van der Waals surface area contributed by atoms with Crippen LogP contribution in [0.1, 0.15) is 17.3 Å². The highest BCUT2D eigenvalue weighted by atomic mass is 32.1. The Morgan fingerprint density at radius 1 is 1.26 bits per heavy atom. The Morgan fingerprint density at radius 2 is 1.96 bits per heavy atom. The Bertz CT molecular complexity index is 767. The molecule has 118 valence electrons. The topological polar surface area (TPSA) is 112 Å². The zero-order chi connectivity index (χ0) is 16.4. The van der Waals surface area contributed by atoms with E-state index in [1.54, 1.807) is 18.2 Å². The standard InChI is InChI=1S/C13H11N5O4S/c1-20-6-4-3-5-7(21-2)8(6)11-14-12(23)9(13(19)22-11)10-15-17-18-16-10/h3-5,9H,1-2H3,(H,15,16,17,18). The van der Waals surface area contributed by atoms with Crippen LogP contribution in [0.3, 0.4) is 0 Å². The van der Waals surface area contributed by atoms with Crippen LogP contribution in [0.25, 0.3) is 0 Å². The molecule has 0 radical (unpaired) electrons. The van der Waals surface area contributed by atoms with E-state index < -0.39 is 11.9 Å². The molecule has 1 aromatic heterocycles. The summed E-state index contributed by atoms with van der Waals surface area (Å²) >= 11 is 5.20. The minimum absolute atomic E-state index is 0.00837. The van der Waals surface area contributed by atoms with Gasteiger partial charge in [0.25, 0.3) is 0 Å². The van der Waals surface area contributed by atoms with Gasteiger partial charge in [-0.2, -0.15) is 5.21 Å². The molecule has 1 unspecified atom stereocenters. The van der Waals surface area contributed by atoms with Gasteiger partial charge in [0.2, 0.25) is 5.90 Å². The second-order valence-corrected chi connectivity index (χ2v) is 4.84. The molecule has 9 nitrogen and oxygen atoms in total. The number of hydrogen-bond donors (Lipinski definition) is 1. The maximum absolute atomic E-state index is 12.3. The summed E-state index contributed by atoms with van der Waals surface area (Å²) in [6.07, 6.45) is 0. The average molecular weight is 333 g/mol. The largest absolute Gasteiger partial charge is 0.496 e. The van der Waals surface area contributed by atoms with Crippen molar-refractivity contribution in [3.8, 4) is 11.5 Å². The molecule has 23 heavy (non-hydrogen) atoms. The molecule has 0 saturated carbocycles. The van der Waals surface area contributed by atoms with E-state index in [2.05, 4.69) is 25.6 Å². The van der Waals surface area contributed by atoms with Crippen LogP contribution in [0.4, 0.5) is 0 Å². The number of ether oxygens (including phenoxy) is 3. The second-order valence-electron chi connectivity index (χ2n) is 4.42. The van der Waals surface area contributed by atoms with Crippen LogP contribution < -0.4 is 9.47 Å². The van der Waals surface area contributed by atoms with Crippen LogP contribution in [0.2, 0.25) is 0 Å². The highest BCUT2D eigenvalue weighted by molar-refractivity contribution is 7.80. The Kier molecular flexibility index (Phi) is 3.98. The molecular formula is C13H11N5O4S. The van der Waals surface area contributed by atoms with Crippen LogP contribution in [0.15, 0.2) is 23.2 Å². The van der Waals surface area contributed by atoms with Crippen molar-refractivity contribution in [2.45, 2.75) is 5.92 Å². The molecular weight excluding hydrogens is 322 g/mol. The molecule has 0 saturated heterocycles. The molecule has 2 heterocycles. The molecule has 1 N–H and O–H groups in total. The van der Waals surface area contributed by atoms with Gasteiger partial charge in [0.05, 0.1) is 14.2 Å². The number of aromatic nitrogens is 4. The summed E-state index contributed by atoms with van der Waals surface area (Å²) in [6, 6.07) is 5.14. The number of carbonyl (C=O) groups excluding carboxylic acids is 1. The summed E-state index contributed by atoms with van der Waals surface area (Å²) < 4.78 is 15.9. The van der Waals surface area contributed by atoms with Crippen molar-refractivity contribution < 1.29 is 19.0 Å². The lowest BCUT2D eigenvalue weighted by atomic mass is 10.1. The van der Waals surface area contributed by atoms with Gasteiger partial charge in [-0.3, -0.25) is 4.79 Å². The molecule has 3 rings (SSSR count). The number of benzene rings is 1. The molecule has 0 aliphatic carbocycles. The summed E-state index contributed by atoms with van der Waals surface area (Å²) in [4.78, 5) is 16.5. The van der Waals surface area contributed by atoms with Gasteiger partial charge in [-0.15, -0.1) is 10.2 Å². The Morgan fingerprint density at radius 3 is 2.48 bits per heavy atom. The highest BCUT2D eigenvalue weighted by Gasteiger charge is 2.37. The van der Waals surface area contributed by atoms with E-state index in [4.69, 9.17) is 26.4 Å².